The molecule has 2 aromatic rings. The summed E-state index contributed by atoms with van der Waals surface area (Å²) in [6, 6.07) is 7.64. The Morgan fingerprint density at radius 1 is 1.26 bits per heavy atom. The molecule has 1 N–H and O–H groups in total. The number of carbonyl (C=O) groups excluding carboxylic acids is 1. The fourth-order valence-electron chi connectivity index (χ4n) is 2.95. The van der Waals surface area contributed by atoms with Crippen molar-refractivity contribution in [1.29, 1.82) is 0 Å². The number of aromatic nitrogens is 2. The molecule has 0 spiro atoms. The van der Waals surface area contributed by atoms with Gasteiger partial charge in [-0.25, -0.2) is 4.98 Å². The summed E-state index contributed by atoms with van der Waals surface area (Å²) in [7, 11) is 0. The third-order valence-electron chi connectivity index (χ3n) is 4.15. The summed E-state index contributed by atoms with van der Waals surface area (Å²) in [6.45, 7) is 0.909. The number of anilines is 1. The van der Waals surface area contributed by atoms with Crippen molar-refractivity contribution in [2.75, 3.05) is 5.32 Å². The first-order valence-corrected chi connectivity index (χ1v) is 7.81. The summed E-state index contributed by atoms with van der Waals surface area (Å²) < 4.78 is 7.61. The van der Waals surface area contributed by atoms with Crippen molar-refractivity contribution in [3.63, 3.8) is 0 Å². The normalized spacial score (nSPS) is 15.7. The van der Waals surface area contributed by atoms with E-state index in [0.717, 1.165) is 48.8 Å². The van der Waals surface area contributed by atoms with Crippen LogP contribution in [0.4, 0.5) is 5.82 Å². The second-order valence-electron chi connectivity index (χ2n) is 5.68. The van der Waals surface area contributed by atoms with Gasteiger partial charge in [0.1, 0.15) is 17.4 Å². The second kappa shape index (κ2) is 5.76. The van der Waals surface area contributed by atoms with E-state index in [1.807, 2.05) is 30.3 Å². The molecule has 116 valence electrons. The Balaban J connectivity index is 1.60. The van der Waals surface area contributed by atoms with Gasteiger partial charge in [-0.2, -0.15) is 0 Å². The number of para-hydroxylation sites is 1. The van der Waals surface area contributed by atoms with E-state index in [-0.39, 0.29) is 5.91 Å². The van der Waals surface area contributed by atoms with Gasteiger partial charge in [0.2, 0.25) is 0 Å². The minimum Gasteiger partial charge on any atom is -0.464 e. The van der Waals surface area contributed by atoms with Gasteiger partial charge in [0.25, 0.3) is 5.91 Å². The lowest BCUT2D eigenvalue weighted by Crippen LogP contribution is -2.18. The molecule has 2 aliphatic rings. The molecule has 23 heavy (non-hydrogen) atoms. The Labute approximate surface area is 134 Å². The maximum Gasteiger partial charge on any atom is 0.256 e. The van der Waals surface area contributed by atoms with Gasteiger partial charge in [-0.05, 0) is 31.1 Å². The minimum absolute atomic E-state index is 0.158. The number of rotatable bonds is 2. The molecule has 0 radical (unpaired) electrons. The molecule has 4 rings (SSSR count). The molecule has 0 aliphatic carbocycles. The van der Waals surface area contributed by atoms with Gasteiger partial charge >= 0.3 is 0 Å². The van der Waals surface area contributed by atoms with E-state index in [2.05, 4.69) is 14.9 Å². The van der Waals surface area contributed by atoms with E-state index in [9.17, 15) is 4.79 Å². The molecule has 0 bridgehead atoms. The summed E-state index contributed by atoms with van der Waals surface area (Å²) in [4.78, 5) is 17.0. The van der Waals surface area contributed by atoms with Crippen molar-refractivity contribution in [3.8, 4) is 5.75 Å². The van der Waals surface area contributed by atoms with Gasteiger partial charge in [0, 0.05) is 24.1 Å². The standard InChI is InChI=1S/C18H17N3O2/c22-18(20-17-12-19-16-7-3-4-9-21(16)17)14-8-10-23-15-6-2-1-5-13(15)11-14/h1-2,5-6,8,10-12H,3-4,7,9H2,(H,20,22). The second-order valence-corrected chi connectivity index (χ2v) is 5.68. The average Bonchev–Trinajstić information content (AvgIpc) is 2.85. The van der Waals surface area contributed by atoms with Crippen molar-refractivity contribution in [1.82, 2.24) is 9.55 Å². The number of benzene rings is 1. The van der Waals surface area contributed by atoms with Crippen molar-refractivity contribution < 1.29 is 9.53 Å². The van der Waals surface area contributed by atoms with Crippen LogP contribution in [0.25, 0.3) is 6.08 Å². The lowest BCUT2D eigenvalue weighted by Gasteiger charge is -2.16. The van der Waals surface area contributed by atoms with Crippen LogP contribution in [0.1, 0.15) is 24.2 Å². The molecule has 1 amide bonds. The van der Waals surface area contributed by atoms with Crippen LogP contribution in [-0.2, 0) is 17.8 Å². The number of ether oxygens (including phenoxy) is 1. The van der Waals surface area contributed by atoms with E-state index < -0.39 is 0 Å². The van der Waals surface area contributed by atoms with Crippen LogP contribution in [0.15, 0.2) is 48.4 Å². The van der Waals surface area contributed by atoms with E-state index >= 15 is 0 Å². The Morgan fingerprint density at radius 3 is 3.13 bits per heavy atom. The molecule has 0 unspecified atom stereocenters. The van der Waals surface area contributed by atoms with Gasteiger partial charge < -0.3 is 14.6 Å². The van der Waals surface area contributed by atoms with Crippen LogP contribution >= 0.6 is 0 Å². The molecule has 5 heteroatoms. The maximum atomic E-state index is 12.6. The van der Waals surface area contributed by atoms with Crippen LogP contribution in [0.2, 0.25) is 0 Å². The van der Waals surface area contributed by atoms with Crippen molar-refractivity contribution in [2.45, 2.75) is 25.8 Å². The van der Waals surface area contributed by atoms with Crippen molar-refractivity contribution in [3.05, 3.63) is 59.8 Å². The Kier molecular flexibility index (Phi) is 3.46. The molecule has 0 atom stereocenters. The lowest BCUT2D eigenvalue weighted by atomic mass is 10.1. The summed E-state index contributed by atoms with van der Waals surface area (Å²) in [6.07, 6.45) is 10.1. The highest BCUT2D eigenvalue weighted by molar-refractivity contribution is 6.08. The van der Waals surface area contributed by atoms with Crippen LogP contribution < -0.4 is 10.1 Å². The lowest BCUT2D eigenvalue weighted by molar-refractivity contribution is -0.112. The number of amides is 1. The number of fused-ring (bicyclic) bond motifs is 2. The Bertz CT molecular complexity index is 817. The molecule has 0 fully saturated rings. The maximum absolute atomic E-state index is 12.6. The quantitative estimate of drug-likeness (QED) is 0.927. The summed E-state index contributed by atoms with van der Waals surface area (Å²) >= 11 is 0. The molecular formula is C18H17N3O2. The highest BCUT2D eigenvalue weighted by Gasteiger charge is 2.17. The summed E-state index contributed by atoms with van der Waals surface area (Å²) in [5.41, 5.74) is 1.44. The molecule has 2 aliphatic heterocycles. The molecule has 1 aromatic heterocycles. The van der Waals surface area contributed by atoms with Crippen molar-refractivity contribution >= 4 is 17.8 Å². The number of hydrogen-bond acceptors (Lipinski definition) is 3. The van der Waals surface area contributed by atoms with E-state index in [1.54, 1.807) is 18.5 Å². The Morgan fingerprint density at radius 2 is 2.17 bits per heavy atom. The van der Waals surface area contributed by atoms with E-state index in [1.165, 1.54) is 0 Å². The first-order valence-electron chi connectivity index (χ1n) is 7.81. The Hall–Kier alpha value is -2.82. The van der Waals surface area contributed by atoms with Crippen molar-refractivity contribution in [2.24, 2.45) is 0 Å². The molecule has 5 nitrogen and oxygen atoms in total. The molecular weight excluding hydrogens is 290 g/mol. The minimum atomic E-state index is -0.158. The zero-order valence-electron chi connectivity index (χ0n) is 12.7. The van der Waals surface area contributed by atoms with Gasteiger partial charge in [-0.3, -0.25) is 4.79 Å². The number of hydrogen-bond donors (Lipinski definition) is 1. The fourth-order valence-corrected chi connectivity index (χ4v) is 2.95. The largest absolute Gasteiger partial charge is 0.464 e. The molecule has 0 saturated carbocycles. The van der Waals surface area contributed by atoms with Crippen LogP contribution in [0.3, 0.4) is 0 Å². The third-order valence-corrected chi connectivity index (χ3v) is 4.15. The number of imidazole rings is 1. The van der Waals surface area contributed by atoms with Gasteiger partial charge in [0.05, 0.1) is 12.5 Å². The highest BCUT2D eigenvalue weighted by Crippen LogP contribution is 2.25. The number of aryl methyl sites for hydroxylation is 1. The topological polar surface area (TPSA) is 56.2 Å². The van der Waals surface area contributed by atoms with Gasteiger partial charge in [0.15, 0.2) is 0 Å². The fraction of sp³-hybridized carbons (Fsp3) is 0.222. The number of nitrogens with one attached hydrogen (secondary N) is 1. The molecule has 3 heterocycles. The smallest absolute Gasteiger partial charge is 0.256 e. The predicted octanol–water partition coefficient (Wildman–Crippen LogP) is 3.15. The first kappa shape index (κ1) is 13.8. The molecule has 0 saturated heterocycles. The van der Waals surface area contributed by atoms with E-state index in [4.69, 9.17) is 4.74 Å². The zero-order chi connectivity index (χ0) is 15.6. The van der Waals surface area contributed by atoms with E-state index in [0.29, 0.717) is 5.57 Å². The third kappa shape index (κ3) is 2.65. The first-order chi connectivity index (χ1) is 11.3. The van der Waals surface area contributed by atoms with Crippen LogP contribution in [-0.4, -0.2) is 15.5 Å². The van der Waals surface area contributed by atoms with Crippen LogP contribution in [0, 0.1) is 0 Å². The monoisotopic (exact) mass is 307 g/mol. The summed E-state index contributed by atoms with van der Waals surface area (Å²) in [5, 5.41) is 2.96. The SMILES string of the molecule is O=C(Nc1cnc2n1CCCC2)C1=Cc2ccccc2OC=C1. The average molecular weight is 307 g/mol. The highest BCUT2D eigenvalue weighted by atomic mass is 16.5. The number of nitrogens with zero attached hydrogens (tertiary/aromatic N) is 2. The number of carbonyl (C=O) groups is 1. The predicted molar refractivity (Wildman–Crippen MR) is 88.0 cm³/mol. The van der Waals surface area contributed by atoms with Crippen LogP contribution in [0.5, 0.6) is 5.75 Å². The zero-order valence-corrected chi connectivity index (χ0v) is 12.7. The van der Waals surface area contributed by atoms with Gasteiger partial charge in [-0.15, -0.1) is 0 Å². The molecule has 1 aromatic carbocycles. The van der Waals surface area contributed by atoms with Gasteiger partial charge in [-0.1, -0.05) is 18.2 Å². The summed E-state index contributed by atoms with van der Waals surface area (Å²) in [5.74, 6) is 2.39.